The third-order valence-corrected chi connectivity index (χ3v) is 3.49. The van der Waals surface area contributed by atoms with Crippen molar-refractivity contribution in [1.29, 1.82) is 5.26 Å². The summed E-state index contributed by atoms with van der Waals surface area (Å²) in [5, 5.41) is 23.4. The Morgan fingerprint density at radius 3 is 3.00 bits per heavy atom. The van der Waals surface area contributed by atoms with Gasteiger partial charge in [-0.3, -0.25) is 10.1 Å². The molecule has 0 aromatic heterocycles. The highest BCUT2D eigenvalue weighted by molar-refractivity contribution is 5.70. The molecule has 1 unspecified atom stereocenters. The fourth-order valence-electron chi connectivity index (χ4n) is 2.50. The van der Waals surface area contributed by atoms with Crippen LogP contribution in [0, 0.1) is 21.4 Å². The lowest BCUT2D eigenvalue weighted by atomic mass is 10.0. The standard InChI is InChI=1S/C13H16N4O2/c1-15-11-5-3-7-16(9-11)12-6-2-4-10(8-14)13(12)17(18)19/h2,4,6,11,15H,3,5,7,9H2,1H3. The summed E-state index contributed by atoms with van der Waals surface area (Å²) in [6.45, 7) is 1.51. The van der Waals surface area contributed by atoms with Gasteiger partial charge in [-0.05, 0) is 32.0 Å². The van der Waals surface area contributed by atoms with Crippen LogP contribution in [0.15, 0.2) is 18.2 Å². The molecule has 6 heteroatoms. The summed E-state index contributed by atoms with van der Waals surface area (Å²) in [4.78, 5) is 12.7. The summed E-state index contributed by atoms with van der Waals surface area (Å²) in [7, 11) is 1.90. The van der Waals surface area contributed by atoms with E-state index in [-0.39, 0.29) is 11.3 Å². The van der Waals surface area contributed by atoms with Crippen LogP contribution in [0.2, 0.25) is 0 Å². The minimum absolute atomic E-state index is 0.0817. The minimum atomic E-state index is -0.461. The molecule has 1 aliphatic heterocycles. The van der Waals surface area contributed by atoms with Crippen molar-refractivity contribution in [2.45, 2.75) is 18.9 Å². The van der Waals surface area contributed by atoms with E-state index in [0.717, 1.165) is 25.9 Å². The number of nitro benzene ring substituents is 1. The topological polar surface area (TPSA) is 82.2 Å². The van der Waals surface area contributed by atoms with Crippen molar-refractivity contribution in [2.24, 2.45) is 0 Å². The smallest absolute Gasteiger partial charge is 0.310 e. The maximum Gasteiger partial charge on any atom is 0.310 e. The molecule has 1 aliphatic rings. The van der Waals surface area contributed by atoms with Crippen molar-refractivity contribution < 1.29 is 4.92 Å². The molecule has 100 valence electrons. The van der Waals surface area contributed by atoms with Crippen molar-refractivity contribution in [3.05, 3.63) is 33.9 Å². The lowest BCUT2D eigenvalue weighted by molar-refractivity contribution is -0.384. The van der Waals surface area contributed by atoms with Gasteiger partial charge in [0.05, 0.1) is 4.92 Å². The summed E-state index contributed by atoms with van der Waals surface area (Å²) in [5.41, 5.74) is 0.583. The van der Waals surface area contributed by atoms with E-state index in [1.807, 2.05) is 18.0 Å². The number of nitriles is 1. The molecule has 0 spiro atoms. The SMILES string of the molecule is CNC1CCCN(c2cccc(C#N)c2[N+](=O)[O-])C1. The maximum atomic E-state index is 11.2. The number of likely N-dealkylation sites (N-methyl/N-ethyl adjacent to an activating group) is 1. The molecular weight excluding hydrogens is 244 g/mol. The van der Waals surface area contributed by atoms with E-state index >= 15 is 0 Å². The molecule has 1 N–H and O–H groups in total. The van der Waals surface area contributed by atoms with Crippen LogP contribution in [0.5, 0.6) is 0 Å². The summed E-state index contributed by atoms with van der Waals surface area (Å²) < 4.78 is 0. The predicted molar refractivity (Wildman–Crippen MR) is 72.1 cm³/mol. The second-order valence-corrected chi connectivity index (χ2v) is 4.62. The highest BCUT2D eigenvalue weighted by atomic mass is 16.6. The van der Waals surface area contributed by atoms with Gasteiger partial charge in [-0.2, -0.15) is 5.26 Å². The molecule has 1 fully saturated rings. The molecule has 1 atom stereocenters. The minimum Gasteiger partial charge on any atom is -0.364 e. The van der Waals surface area contributed by atoms with Gasteiger partial charge < -0.3 is 10.2 Å². The zero-order chi connectivity index (χ0) is 13.8. The van der Waals surface area contributed by atoms with E-state index in [9.17, 15) is 10.1 Å². The summed E-state index contributed by atoms with van der Waals surface area (Å²) in [6, 6.07) is 7.13. The van der Waals surface area contributed by atoms with Crippen LogP contribution in [-0.2, 0) is 0 Å². The van der Waals surface area contributed by atoms with Crippen LogP contribution < -0.4 is 10.2 Å². The van der Waals surface area contributed by atoms with Crippen LogP contribution in [-0.4, -0.2) is 31.1 Å². The largest absolute Gasteiger partial charge is 0.364 e. The monoisotopic (exact) mass is 260 g/mol. The van der Waals surface area contributed by atoms with Gasteiger partial charge in [0.25, 0.3) is 0 Å². The Morgan fingerprint density at radius 1 is 1.58 bits per heavy atom. The lowest BCUT2D eigenvalue weighted by Crippen LogP contribution is -2.44. The molecule has 1 saturated heterocycles. The molecule has 0 aliphatic carbocycles. The van der Waals surface area contributed by atoms with Crippen molar-refractivity contribution in [2.75, 3.05) is 25.0 Å². The molecule has 0 saturated carbocycles. The van der Waals surface area contributed by atoms with Crippen LogP contribution in [0.1, 0.15) is 18.4 Å². The number of nitrogens with zero attached hydrogens (tertiary/aromatic N) is 3. The number of benzene rings is 1. The predicted octanol–water partition coefficient (Wildman–Crippen LogP) is 1.65. The fourth-order valence-corrected chi connectivity index (χ4v) is 2.50. The Morgan fingerprint density at radius 2 is 2.37 bits per heavy atom. The molecule has 2 rings (SSSR count). The van der Waals surface area contributed by atoms with Crippen molar-refractivity contribution in [1.82, 2.24) is 5.32 Å². The van der Waals surface area contributed by atoms with Crippen LogP contribution >= 0.6 is 0 Å². The Bertz CT molecular complexity index is 524. The number of hydrogen-bond acceptors (Lipinski definition) is 5. The highest BCUT2D eigenvalue weighted by Gasteiger charge is 2.27. The van der Waals surface area contributed by atoms with E-state index < -0.39 is 4.92 Å². The molecule has 6 nitrogen and oxygen atoms in total. The van der Waals surface area contributed by atoms with Gasteiger partial charge >= 0.3 is 5.69 Å². The average Bonchev–Trinajstić information content (AvgIpc) is 2.46. The van der Waals surface area contributed by atoms with Gasteiger partial charge in [-0.15, -0.1) is 0 Å². The first-order chi connectivity index (χ1) is 9.17. The number of piperidine rings is 1. The maximum absolute atomic E-state index is 11.2. The van der Waals surface area contributed by atoms with Crippen molar-refractivity contribution in [3.8, 4) is 6.07 Å². The van der Waals surface area contributed by atoms with Crippen LogP contribution in [0.25, 0.3) is 0 Å². The Hall–Kier alpha value is -2.13. The number of anilines is 1. The number of nitro groups is 1. The summed E-state index contributed by atoms with van der Waals surface area (Å²) >= 11 is 0. The number of rotatable bonds is 3. The van der Waals surface area contributed by atoms with Crippen LogP contribution in [0.4, 0.5) is 11.4 Å². The first kappa shape index (κ1) is 13.3. The molecule has 19 heavy (non-hydrogen) atoms. The first-order valence-corrected chi connectivity index (χ1v) is 6.27. The van der Waals surface area contributed by atoms with Gasteiger partial charge in [0.2, 0.25) is 0 Å². The van der Waals surface area contributed by atoms with E-state index in [1.54, 1.807) is 12.1 Å². The normalized spacial score (nSPS) is 18.9. The number of hydrogen-bond donors (Lipinski definition) is 1. The highest BCUT2D eigenvalue weighted by Crippen LogP contribution is 2.33. The molecule has 0 bridgehead atoms. The second kappa shape index (κ2) is 5.67. The number of para-hydroxylation sites is 1. The first-order valence-electron chi connectivity index (χ1n) is 6.27. The van der Waals surface area contributed by atoms with Crippen LogP contribution in [0.3, 0.4) is 0 Å². The number of nitrogens with one attached hydrogen (secondary N) is 1. The van der Waals surface area contributed by atoms with Crippen molar-refractivity contribution >= 4 is 11.4 Å². The molecular formula is C13H16N4O2. The van der Waals surface area contributed by atoms with E-state index in [4.69, 9.17) is 5.26 Å². The van der Waals surface area contributed by atoms with Crippen molar-refractivity contribution in [3.63, 3.8) is 0 Å². The summed E-state index contributed by atoms with van der Waals surface area (Å²) in [5.74, 6) is 0. The van der Waals surface area contributed by atoms with Gasteiger partial charge in [-0.25, -0.2) is 0 Å². The fraction of sp³-hybridized carbons (Fsp3) is 0.462. The Kier molecular flexibility index (Phi) is 3.97. The van der Waals surface area contributed by atoms with Gasteiger partial charge in [0.15, 0.2) is 0 Å². The third-order valence-electron chi connectivity index (χ3n) is 3.49. The van der Waals surface area contributed by atoms with Gasteiger partial charge in [0, 0.05) is 19.1 Å². The van der Waals surface area contributed by atoms with E-state index in [1.165, 1.54) is 6.07 Å². The quantitative estimate of drug-likeness (QED) is 0.660. The average molecular weight is 260 g/mol. The Balaban J connectivity index is 2.39. The molecule has 1 aromatic rings. The zero-order valence-electron chi connectivity index (χ0n) is 10.8. The molecule has 0 radical (unpaired) electrons. The Labute approximate surface area is 111 Å². The summed E-state index contributed by atoms with van der Waals surface area (Å²) in [6.07, 6.45) is 2.05. The zero-order valence-corrected chi connectivity index (χ0v) is 10.8. The third kappa shape index (κ3) is 2.66. The van der Waals surface area contributed by atoms with E-state index in [2.05, 4.69) is 5.32 Å². The molecule has 1 aromatic carbocycles. The second-order valence-electron chi connectivity index (χ2n) is 4.62. The van der Waals surface area contributed by atoms with Gasteiger partial charge in [-0.1, -0.05) is 6.07 Å². The molecule has 1 heterocycles. The molecule has 0 amide bonds. The van der Waals surface area contributed by atoms with E-state index in [0.29, 0.717) is 11.7 Å². The van der Waals surface area contributed by atoms with Gasteiger partial charge in [0.1, 0.15) is 17.3 Å². The lowest BCUT2D eigenvalue weighted by Gasteiger charge is -2.33.